The fraction of sp³-hybridized carbons (Fsp3) is 0.571. The van der Waals surface area contributed by atoms with Crippen LogP contribution in [0.15, 0.2) is 18.5 Å². The van der Waals surface area contributed by atoms with Gasteiger partial charge in [0, 0.05) is 12.4 Å². The molecule has 6 nitrogen and oxygen atoms in total. The highest BCUT2D eigenvalue weighted by atomic mass is 35.5. The Hall–Kier alpha value is -1.69. The molecule has 0 bridgehead atoms. The maximum Gasteiger partial charge on any atom is 0.322 e. The highest BCUT2D eigenvalue weighted by Crippen LogP contribution is 2.14. The fourth-order valence-corrected chi connectivity index (χ4v) is 2.11. The van der Waals surface area contributed by atoms with Crippen LogP contribution in [-0.2, 0) is 0 Å². The van der Waals surface area contributed by atoms with Gasteiger partial charge in [-0.25, -0.2) is 4.68 Å². The van der Waals surface area contributed by atoms with E-state index in [1.165, 1.54) is 23.9 Å². The first-order valence-corrected chi connectivity index (χ1v) is 7.65. The molecule has 0 radical (unpaired) electrons. The molecule has 0 saturated carbocycles. The van der Waals surface area contributed by atoms with Gasteiger partial charge in [-0.1, -0.05) is 26.2 Å². The number of aromatic nitrogens is 5. The highest BCUT2D eigenvalue weighted by Gasteiger charge is 2.11. The van der Waals surface area contributed by atoms with Crippen LogP contribution in [0.4, 0.5) is 0 Å². The molecule has 0 aromatic carbocycles. The second-order valence-electron chi connectivity index (χ2n) is 4.92. The summed E-state index contributed by atoms with van der Waals surface area (Å²) >= 11 is 5.91. The van der Waals surface area contributed by atoms with Gasteiger partial charge in [-0.2, -0.15) is 20.1 Å². The Morgan fingerprint density at radius 1 is 1.24 bits per heavy atom. The van der Waals surface area contributed by atoms with Gasteiger partial charge in [-0.05, 0) is 37.4 Å². The first kappa shape index (κ1) is 15.7. The van der Waals surface area contributed by atoms with Gasteiger partial charge in [0.15, 0.2) is 0 Å². The van der Waals surface area contributed by atoms with Crippen LogP contribution >= 0.6 is 11.6 Å². The molecule has 7 heteroatoms. The van der Waals surface area contributed by atoms with Crippen molar-refractivity contribution < 1.29 is 4.74 Å². The monoisotopic (exact) mass is 309 g/mol. The summed E-state index contributed by atoms with van der Waals surface area (Å²) in [5.74, 6) is 0.355. The number of nitrogens with zero attached hydrogens (tertiary/aromatic N) is 5. The van der Waals surface area contributed by atoms with E-state index < -0.39 is 0 Å². The molecule has 2 aromatic rings. The third-order valence-electron chi connectivity index (χ3n) is 3.06. The van der Waals surface area contributed by atoms with E-state index >= 15 is 0 Å². The Kier molecular flexibility index (Phi) is 5.92. The molecular formula is C14H20ClN5O. The summed E-state index contributed by atoms with van der Waals surface area (Å²) in [5, 5.41) is 4.17. The Balaban J connectivity index is 1.97. The normalized spacial score (nSPS) is 12.3. The lowest BCUT2D eigenvalue weighted by Crippen LogP contribution is -2.15. The molecule has 0 N–H and O–H groups in total. The largest absolute Gasteiger partial charge is 0.460 e. The lowest BCUT2D eigenvalue weighted by molar-refractivity contribution is 0.188. The van der Waals surface area contributed by atoms with Crippen molar-refractivity contribution in [1.82, 2.24) is 24.7 Å². The minimum Gasteiger partial charge on any atom is -0.460 e. The van der Waals surface area contributed by atoms with Crippen LogP contribution in [0.25, 0.3) is 5.95 Å². The summed E-state index contributed by atoms with van der Waals surface area (Å²) in [7, 11) is 0. The van der Waals surface area contributed by atoms with Gasteiger partial charge in [-0.15, -0.1) is 0 Å². The van der Waals surface area contributed by atoms with E-state index in [2.05, 4.69) is 27.0 Å². The van der Waals surface area contributed by atoms with Gasteiger partial charge in [0.05, 0.1) is 6.10 Å². The third kappa shape index (κ3) is 4.97. The molecule has 0 aliphatic heterocycles. The Labute approximate surface area is 129 Å². The van der Waals surface area contributed by atoms with Crippen LogP contribution < -0.4 is 4.74 Å². The van der Waals surface area contributed by atoms with Crippen molar-refractivity contribution in [3.63, 3.8) is 0 Å². The van der Waals surface area contributed by atoms with E-state index in [0.29, 0.717) is 5.95 Å². The zero-order chi connectivity index (χ0) is 15.1. The summed E-state index contributed by atoms with van der Waals surface area (Å²) in [6.07, 6.45) is 9.25. The molecule has 0 spiro atoms. The Morgan fingerprint density at radius 2 is 2.10 bits per heavy atom. The molecule has 2 heterocycles. The zero-order valence-electron chi connectivity index (χ0n) is 12.4. The van der Waals surface area contributed by atoms with Crippen molar-refractivity contribution in [2.45, 2.75) is 52.1 Å². The van der Waals surface area contributed by atoms with Gasteiger partial charge >= 0.3 is 6.01 Å². The highest BCUT2D eigenvalue weighted by molar-refractivity contribution is 6.28. The van der Waals surface area contributed by atoms with Crippen LogP contribution in [0.2, 0.25) is 5.28 Å². The van der Waals surface area contributed by atoms with Crippen LogP contribution in [-0.4, -0.2) is 30.8 Å². The lowest BCUT2D eigenvalue weighted by Gasteiger charge is -2.13. The predicted molar refractivity (Wildman–Crippen MR) is 80.8 cm³/mol. The lowest BCUT2D eigenvalue weighted by atomic mass is 10.1. The molecule has 2 aromatic heterocycles. The number of halogens is 1. The van der Waals surface area contributed by atoms with Crippen LogP contribution in [0.5, 0.6) is 6.01 Å². The Bertz CT molecular complexity index is 546. The summed E-state index contributed by atoms with van der Waals surface area (Å²) in [6, 6.07) is 2.03. The summed E-state index contributed by atoms with van der Waals surface area (Å²) in [6.45, 7) is 4.21. The molecule has 0 fully saturated rings. The van der Waals surface area contributed by atoms with E-state index in [9.17, 15) is 0 Å². The van der Waals surface area contributed by atoms with Crippen molar-refractivity contribution in [2.75, 3.05) is 0 Å². The average molecular weight is 310 g/mol. The summed E-state index contributed by atoms with van der Waals surface area (Å²) < 4.78 is 7.25. The number of rotatable bonds is 8. The average Bonchev–Trinajstić information content (AvgIpc) is 2.97. The van der Waals surface area contributed by atoms with Gasteiger partial charge < -0.3 is 4.74 Å². The molecular weight excluding hydrogens is 290 g/mol. The minimum atomic E-state index is 0.0470. The molecule has 2 rings (SSSR count). The SMILES string of the molecule is CCCCCCC(C)Oc1nc(Cl)nc(-n2cccn2)n1. The summed E-state index contributed by atoms with van der Waals surface area (Å²) in [5.41, 5.74) is 0. The molecule has 0 saturated heterocycles. The molecule has 0 aliphatic carbocycles. The van der Waals surface area contributed by atoms with Crippen LogP contribution in [0.1, 0.15) is 46.0 Å². The molecule has 1 unspecified atom stereocenters. The van der Waals surface area contributed by atoms with E-state index in [1.807, 2.05) is 6.92 Å². The number of hydrogen-bond acceptors (Lipinski definition) is 5. The van der Waals surface area contributed by atoms with E-state index in [0.717, 1.165) is 12.8 Å². The number of ether oxygens (including phenoxy) is 1. The zero-order valence-corrected chi connectivity index (χ0v) is 13.1. The van der Waals surface area contributed by atoms with E-state index in [-0.39, 0.29) is 17.4 Å². The van der Waals surface area contributed by atoms with Crippen molar-refractivity contribution in [1.29, 1.82) is 0 Å². The molecule has 0 amide bonds. The first-order chi connectivity index (χ1) is 10.2. The maximum absolute atomic E-state index is 5.91. The molecule has 1 atom stereocenters. The quantitative estimate of drug-likeness (QED) is 0.699. The van der Waals surface area contributed by atoms with Crippen LogP contribution in [0.3, 0.4) is 0 Å². The smallest absolute Gasteiger partial charge is 0.322 e. The van der Waals surface area contributed by atoms with Gasteiger partial charge in [0.2, 0.25) is 5.28 Å². The third-order valence-corrected chi connectivity index (χ3v) is 3.22. The number of unbranched alkanes of at least 4 members (excludes halogenated alkanes) is 3. The van der Waals surface area contributed by atoms with Crippen LogP contribution in [0, 0.1) is 0 Å². The maximum atomic E-state index is 5.91. The molecule has 114 valence electrons. The van der Waals surface area contributed by atoms with Crippen molar-refractivity contribution in [2.24, 2.45) is 0 Å². The fourth-order valence-electron chi connectivity index (χ4n) is 1.96. The van der Waals surface area contributed by atoms with E-state index in [1.54, 1.807) is 18.5 Å². The predicted octanol–water partition coefficient (Wildman–Crippen LogP) is 3.45. The van der Waals surface area contributed by atoms with Gasteiger partial charge in [0.1, 0.15) is 0 Å². The van der Waals surface area contributed by atoms with E-state index in [4.69, 9.17) is 16.3 Å². The van der Waals surface area contributed by atoms with Gasteiger partial charge in [0.25, 0.3) is 5.95 Å². The van der Waals surface area contributed by atoms with Crippen molar-refractivity contribution in [3.05, 3.63) is 23.7 Å². The standard InChI is InChI=1S/C14H20ClN5O/c1-3-4-5-6-8-11(2)21-14-18-12(15)17-13(19-14)20-10-7-9-16-20/h7,9-11H,3-6,8H2,1-2H3. The Morgan fingerprint density at radius 3 is 2.81 bits per heavy atom. The minimum absolute atomic E-state index is 0.0470. The topological polar surface area (TPSA) is 65.7 Å². The second-order valence-corrected chi connectivity index (χ2v) is 5.25. The molecule has 0 aliphatic rings. The van der Waals surface area contributed by atoms with Gasteiger partial charge in [-0.3, -0.25) is 0 Å². The second kappa shape index (κ2) is 7.93. The first-order valence-electron chi connectivity index (χ1n) is 7.27. The van der Waals surface area contributed by atoms with Crippen molar-refractivity contribution >= 4 is 11.6 Å². The number of hydrogen-bond donors (Lipinski definition) is 0. The summed E-state index contributed by atoms with van der Waals surface area (Å²) in [4.78, 5) is 12.3. The van der Waals surface area contributed by atoms with Crippen molar-refractivity contribution in [3.8, 4) is 12.0 Å². The molecule has 21 heavy (non-hydrogen) atoms.